The number of hydrogen-bond acceptors (Lipinski definition) is 3. The van der Waals surface area contributed by atoms with Crippen LogP contribution in [-0.2, 0) is 0 Å². The number of urea groups is 1. The van der Waals surface area contributed by atoms with Crippen molar-refractivity contribution in [2.75, 3.05) is 11.9 Å². The maximum atomic E-state index is 11.8. The van der Waals surface area contributed by atoms with E-state index in [0.717, 1.165) is 0 Å². The molecule has 0 saturated heterocycles. The van der Waals surface area contributed by atoms with Crippen LogP contribution in [0.3, 0.4) is 0 Å². The van der Waals surface area contributed by atoms with Crippen molar-refractivity contribution in [3.8, 4) is 0 Å². The number of anilines is 1. The van der Waals surface area contributed by atoms with Crippen molar-refractivity contribution in [1.82, 2.24) is 10.3 Å². The number of halogens is 3. The normalized spacial score (nSPS) is 10.8. The predicted octanol–water partition coefficient (Wildman–Crippen LogP) is 1.46. The summed E-state index contributed by atoms with van der Waals surface area (Å²) in [5.74, 6) is -1.47. The van der Waals surface area contributed by atoms with Crippen LogP contribution in [0.1, 0.15) is 10.5 Å². The molecule has 2 amide bonds. The van der Waals surface area contributed by atoms with Crippen molar-refractivity contribution in [2.24, 2.45) is 0 Å². The molecule has 6 nitrogen and oxygen atoms in total. The molecule has 0 spiro atoms. The third kappa shape index (κ3) is 4.68. The Morgan fingerprint density at radius 1 is 1.33 bits per heavy atom. The Kier molecular flexibility index (Phi) is 4.08. The Bertz CT molecular complexity index is 462. The summed E-state index contributed by atoms with van der Waals surface area (Å²) in [7, 11) is 0. The fourth-order valence-corrected chi connectivity index (χ4v) is 0.964. The average Bonchev–Trinajstić information content (AvgIpc) is 2.26. The largest absolute Gasteiger partial charge is 0.477 e. The zero-order chi connectivity index (χ0) is 13.8. The lowest BCUT2D eigenvalue weighted by atomic mass is 10.3. The van der Waals surface area contributed by atoms with Crippen LogP contribution in [0.15, 0.2) is 18.2 Å². The number of pyridine rings is 1. The van der Waals surface area contributed by atoms with Crippen LogP contribution in [0, 0.1) is 0 Å². The van der Waals surface area contributed by atoms with Gasteiger partial charge in [-0.05, 0) is 12.1 Å². The molecule has 0 aliphatic carbocycles. The van der Waals surface area contributed by atoms with Gasteiger partial charge in [-0.15, -0.1) is 0 Å². The first kappa shape index (κ1) is 13.7. The summed E-state index contributed by atoms with van der Waals surface area (Å²) in [6, 6.07) is 2.61. The van der Waals surface area contributed by atoms with E-state index in [0.29, 0.717) is 0 Å². The number of alkyl halides is 3. The van der Waals surface area contributed by atoms with E-state index in [4.69, 9.17) is 5.11 Å². The molecule has 1 heterocycles. The van der Waals surface area contributed by atoms with E-state index >= 15 is 0 Å². The van der Waals surface area contributed by atoms with E-state index in [-0.39, 0.29) is 11.5 Å². The minimum absolute atomic E-state index is 0.158. The molecule has 9 heteroatoms. The lowest BCUT2D eigenvalue weighted by molar-refractivity contribution is -0.122. The van der Waals surface area contributed by atoms with Gasteiger partial charge < -0.3 is 10.4 Å². The van der Waals surface area contributed by atoms with Gasteiger partial charge >= 0.3 is 18.2 Å². The van der Waals surface area contributed by atoms with Gasteiger partial charge in [-0.25, -0.2) is 14.6 Å². The van der Waals surface area contributed by atoms with E-state index in [2.05, 4.69) is 4.98 Å². The molecule has 0 fully saturated rings. The second kappa shape index (κ2) is 5.34. The zero-order valence-electron chi connectivity index (χ0n) is 8.78. The lowest BCUT2D eigenvalue weighted by Gasteiger charge is -2.09. The highest BCUT2D eigenvalue weighted by Gasteiger charge is 2.27. The van der Waals surface area contributed by atoms with Gasteiger partial charge in [0.05, 0.1) is 0 Å². The molecule has 0 unspecified atom stereocenters. The number of carboxylic acid groups (broad SMARTS) is 1. The van der Waals surface area contributed by atoms with Gasteiger partial charge in [0.25, 0.3) is 0 Å². The molecule has 0 saturated carbocycles. The number of nitrogens with one attached hydrogen (secondary N) is 2. The molecule has 0 aromatic carbocycles. The fourth-order valence-electron chi connectivity index (χ4n) is 0.964. The maximum absolute atomic E-state index is 11.8. The van der Waals surface area contributed by atoms with Crippen LogP contribution in [0.2, 0.25) is 0 Å². The Labute approximate surface area is 98.8 Å². The molecule has 98 valence electrons. The SMILES string of the molecule is O=C(NCC(F)(F)F)Nc1cccc(C(=O)O)n1. The molecular formula is C9H8F3N3O3. The van der Waals surface area contributed by atoms with Crippen LogP contribution in [0.25, 0.3) is 0 Å². The molecule has 18 heavy (non-hydrogen) atoms. The smallest absolute Gasteiger partial charge is 0.405 e. The van der Waals surface area contributed by atoms with Crippen LogP contribution < -0.4 is 10.6 Å². The third-order valence-corrected chi connectivity index (χ3v) is 1.66. The van der Waals surface area contributed by atoms with Crippen LogP contribution >= 0.6 is 0 Å². The number of rotatable bonds is 3. The molecule has 0 aliphatic rings. The van der Waals surface area contributed by atoms with E-state index < -0.39 is 24.7 Å². The Balaban J connectivity index is 2.59. The number of amides is 2. The summed E-state index contributed by atoms with van der Waals surface area (Å²) in [6.07, 6.45) is -4.52. The van der Waals surface area contributed by atoms with Crippen molar-refractivity contribution in [2.45, 2.75) is 6.18 Å². The highest BCUT2D eigenvalue weighted by molar-refractivity contribution is 5.90. The number of hydrogen-bond donors (Lipinski definition) is 3. The molecule has 1 rings (SSSR count). The van der Waals surface area contributed by atoms with Crippen LogP contribution in [0.4, 0.5) is 23.8 Å². The van der Waals surface area contributed by atoms with Crippen molar-refractivity contribution < 1.29 is 27.9 Å². The number of carboxylic acids is 1. The first-order valence-corrected chi connectivity index (χ1v) is 4.60. The van der Waals surface area contributed by atoms with E-state index in [1.807, 2.05) is 5.32 Å². The van der Waals surface area contributed by atoms with Gasteiger partial charge in [-0.2, -0.15) is 13.2 Å². The molecule has 1 aromatic heterocycles. The Morgan fingerprint density at radius 3 is 2.56 bits per heavy atom. The molecule has 1 aromatic rings. The van der Waals surface area contributed by atoms with Crippen LogP contribution in [-0.4, -0.2) is 34.8 Å². The van der Waals surface area contributed by atoms with Gasteiger partial charge in [0.2, 0.25) is 0 Å². The second-order valence-electron chi connectivity index (χ2n) is 3.14. The van der Waals surface area contributed by atoms with Crippen molar-refractivity contribution in [3.05, 3.63) is 23.9 Å². The summed E-state index contributed by atoms with van der Waals surface area (Å²) in [4.78, 5) is 25.1. The van der Waals surface area contributed by atoms with Crippen molar-refractivity contribution in [1.29, 1.82) is 0 Å². The molecule has 0 radical (unpaired) electrons. The predicted molar refractivity (Wildman–Crippen MR) is 54.3 cm³/mol. The van der Waals surface area contributed by atoms with Gasteiger partial charge in [0.15, 0.2) is 5.69 Å². The monoisotopic (exact) mass is 263 g/mol. The minimum Gasteiger partial charge on any atom is -0.477 e. The van der Waals surface area contributed by atoms with Crippen molar-refractivity contribution >= 4 is 17.8 Å². The first-order chi connectivity index (χ1) is 8.28. The maximum Gasteiger partial charge on any atom is 0.405 e. The van der Waals surface area contributed by atoms with Crippen LogP contribution in [0.5, 0.6) is 0 Å². The van der Waals surface area contributed by atoms with Gasteiger partial charge in [0, 0.05) is 0 Å². The first-order valence-electron chi connectivity index (χ1n) is 4.60. The molecule has 0 aliphatic heterocycles. The summed E-state index contributed by atoms with van der Waals surface area (Å²) in [5, 5.41) is 12.2. The zero-order valence-corrected chi connectivity index (χ0v) is 8.78. The number of aromatic carboxylic acids is 1. The Hall–Kier alpha value is -2.32. The highest BCUT2D eigenvalue weighted by atomic mass is 19.4. The van der Waals surface area contributed by atoms with Gasteiger partial charge in [-0.3, -0.25) is 5.32 Å². The number of carbonyl (C=O) groups excluding carboxylic acids is 1. The van der Waals surface area contributed by atoms with E-state index in [1.54, 1.807) is 5.32 Å². The minimum atomic E-state index is -4.52. The third-order valence-electron chi connectivity index (χ3n) is 1.66. The molecular weight excluding hydrogens is 255 g/mol. The standard InChI is InChI=1S/C9H8F3N3O3/c10-9(11,12)4-13-8(18)15-6-3-1-2-5(14-6)7(16)17/h1-3H,4H2,(H,16,17)(H2,13,14,15,18). The molecule has 0 atom stereocenters. The summed E-state index contributed by atoms with van der Waals surface area (Å²) in [5.41, 5.74) is -0.330. The van der Waals surface area contributed by atoms with E-state index in [9.17, 15) is 22.8 Å². The quantitative estimate of drug-likeness (QED) is 0.770. The average molecular weight is 263 g/mol. The fraction of sp³-hybridized carbons (Fsp3) is 0.222. The second-order valence-corrected chi connectivity index (χ2v) is 3.14. The number of nitrogens with zero attached hydrogens (tertiary/aromatic N) is 1. The Morgan fingerprint density at radius 2 is 2.00 bits per heavy atom. The topological polar surface area (TPSA) is 91.3 Å². The summed E-state index contributed by atoms with van der Waals surface area (Å²) in [6.45, 7) is -1.49. The summed E-state index contributed by atoms with van der Waals surface area (Å²) < 4.78 is 35.4. The van der Waals surface area contributed by atoms with Gasteiger partial charge in [-0.1, -0.05) is 6.07 Å². The molecule has 3 N–H and O–H groups in total. The van der Waals surface area contributed by atoms with E-state index in [1.165, 1.54) is 18.2 Å². The lowest BCUT2D eigenvalue weighted by Crippen LogP contribution is -2.36. The number of carbonyl (C=O) groups is 2. The highest BCUT2D eigenvalue weighted by Crippen LogP contribution is 2.12. The summed E-state index contributed by atoms with van der Waals surface area (Å²) >= 11 is 0. The van der Waals surface area contributed by atoms with Gasteiger partial charge in [0.1, 0.15) is 12.4 Å². The molecule has 0 bridgehead atoms. The van der Waals surface area contributed by atoms with Crippen molar-refractivity contribution in [3.63, 3.8) is 0 Å². The number of aromatic nitrogens is 1.